The Balaban J connectivity index is 2.20. The molecule has 0 aliphatic heterocycles. The molecule has 2 aromatic heterocycles. The van der Waals surface area contributed by atoms with Crippen LogP contribution in [0.3, 0.4) is 0 Å². The van der Waals surface area contributed by atoms with E-state index in [9.17, 15) is 0 Å². The first-order valence-electron chi connectivity index (χ1n) is 6.37. The Morgan fingerprint density at radius 1 is 1.23 bits per heavy atom. The van der Waals surface area contributed by atoms with Crippen molar-refractivity contribution in [2.75, 3.05) is 17.4 Å². The summed E-state index contributed by atoms with van der Waals surface area (Å²) in [5, 5.41) is 1.48. The van der Waals surface area contributed by atoms with Gasteiger partial charge in [-0.1, -0.05) is 11.6 Å². The molecule has 0 saturated carbocycles. The number of anilines is 3. The maximum absolute atomic E-state index is 6.04. The first kappa shape index (κ1) is 15.0. The number of rotatable bonds is 3. The highest BCUT2D eigenvalue weighted by molar-refractivity contribution is 9.10. The topological polar surface area (TPSA) is 80.0 Å². The van der Waals surface area contributed by atoms with Crippen LogP contribution in [0, 0.1) is 0 Å². The van der Waals surface area contributed by atoms with Crippen LogP contribution in [0.25, 0.3) is 10.9 Å². The van der Waals surface area contributed by atoms with Crippen LogP contribution in [0.15, 0.2) is 41.1 Å². The van der Waals surface area contributed by atoms with E-state index in [2.05, 4.69) is 36.3 Å². The molecule has 0 fully saturated rings. The van der Waals surface area contributed by atoms with Gasteiger partial charge in [-0.25, -0.2) is 15.8 Å². The van der Waals surface area contributed by atoms with Crippen LogP contribution >= 0.6 is 27.5 Å². The van der Waals surface area contributed by atoms with E-state index in [0.29, 0.717) is 22.3 Å². The third kappa shape index (κ3) is 2.83. The molecule has 0 radical (unpaired) electrons. The quantitative estimate of drug-likeness (QED) is 0.412. The number of aromatic nitrogens is 3. The molecule has 0 unspecified atom stereocenters. The van der Waals surface area contributed by atoms with Crippen LogP contribution in [-0.4, -0.2) is 22.0 Å². The molecule has 3 N–H and O–H groups in total. The fourth-order valence-corrected chi connectivity index (χ4v) is 2.65. The molecule has 0 saturated heterocycles. The van der Waals surface area contributed by atoms with Crippen molar-refractivity contribution in [2.24, 2.45) is 5.84 Å². The van der Waals surface area contributed by atoms with E-state index in [1.807, 2.05) is 36.2 Å². The number of nitrogen functional groups attached to an aromatic ring is 1. The van der Waals surface area contributed by atoms with Crippen LogP contribution in [0.1, 0.15) is 0 Å². The van der Waals surface area contributed by atoms with Crippen molar-refractivity contribution in [1.29, 1.82) is 0 Å². The summed E-state index contributed by atoms with van der Waals surface area (Å²) in [4.78, 5) is 14.9. The molecule has 0 amide bonds. The van der Waals surface area contributed by atoms with Gasteiger partial charge in [0.25, 0.3) is 0 Å². The van der Waals surface area contributed by atoms with E-state index in [4.69, 9.17) is 17.4 Å². The predicted octanol–water partition coefficient (Wildman–Crippen LogP) is 3.49. The number of nitrogens with one attached hydrogen (secondary N) is 1. The summed E-state index contributed by atoms with van der Waals surface area (Å²) in [6, 6.07) is 9.27. The van der Waals surface area contributed by atoms with Crippen molar-refractivity contribution >= 4 is 55.9 Å². The first-order chi connectivity index (χ1) is 10.6. The minimum absolute atomic E-state index is 0.324. The van der Waals surface area contributed by atoms with Gasteiger partial charge in [-0.3, -0.25) is 5.43 Å². The lowest BCUT2D eigenvalue weighted by molar-refractivity contribution is 1.08. The van der Waals surface area contributed by atoms with E-state index in [0.717, 1.165) is 15.7 Å². The second kappa shape index (κ2) is 6.04. The Bertz CT molecular complexity index is 841. The third-order valence-corrected chi connectivity index (χ3v) is 3.85. The zero-order valence-corrected chi connectivity index (χ0v) is 13.9. The van der Waals surface area contributed by atoms with Crippen molar-refractivity contribution in [3.8, 4) is 0 Å². The maximum atomic E-state index is 6.04. The maximum Gasteiger partial charge on any atom is 0.239 e. The molecule has 8 heteroatoms. The molecule has 0 atom stereocenters. The Morgan fingerprint density at radius 2 is 2.05 bits per heavy atom. The normalized spacial score (nSPS) is 10.7. The Morgan fingerprint density at radius 3 is 2.77 bits per heavy atom. The highest BCUT2D eigenvalue weighted by atomic mass is 79.9. The number of hydrogen-bond acceptors (Lipinski definition) is 6. The highest BCUT2D eigenvalue weighted by Crippen LogP contribution is 2.31. The number of nitrogens with two attached hydrogens (primary N) is 1. The lowest BCUT2D eigenvalue weighted by Gasteiger charge is -2.20. The standard InChI is InChI=1S/C14H12BrClN6/c1-22(9-4-5-18-12(15)7-9)13-10-3-2-8(16)6-11(10)19-14(20-13)21-17/h2-7H,17H2,1H3,(H,19,20,21). The average molecular weight is 380 g/mol. The van der Waals surface area contributed by atoms with Gasteiger partial charge in [0.2, 0.25) is 5.95 Å². The second-order valence-electron chi connectivity index (χ2n) is 4.57. The smallest absolute Gasteiger partial charge is 0.239 e. The molecular formula is C14H12BrClN6. The van der Waals surface area contributed by atoms with Gasteiger partial charge in [-0.15, -0.1) is 0 Å². The van der Waals surface area contributed by atoms with Gasteiger partial charge in [0, 0.05) is 29.3 Å². The van der Waals surface area contributed by atoms with Gasteiger partial charge < -0.3 is 4.90 Å². The SMILES string of the molecule is CN(c1ccnc(Br)c1)c1nc(NN)nc2cc(Cl)ccc12. The van der Waals surface area contributed by atoms with Gasteiger partial charge in [0.1, 0.15) is 10.4 Å². The molecule has 2 heterocycles. The second-order valence-corrected chi connectivity index (χ2v) is 5.82. The van der Waals surface area contributed by atoms with Gasteiger partial charge in [0.15, 0.2) is 0 Å². The molecular weight excluding hydrogens is 368 g/mol. The zero-order valence-electron chi connectivity index (χ0n) is 11.6. The summed E-state index contributed by atoms with van der Waals surface area (Å²) in [5.74, 6) is 6.51. The van der Waals surface area contributed by atoms with Crippen LogP contribution in [-0.2, 0) is 0 Å². The van der Waals surface area contributed by atoms with Crippen LogP contribution in [0.5, 0.6) is 0 Å². The first-order valence-corrected chi connectivity index (χ1v) is 7.55. The molecule has 3 rings (SSSR count). The molecule has 0 bridgehead atoms. The molecule has 22 heavy (non-hydrogen) atoms. The number of benzene rings is 1. The summed E-state index contributed by atoms with van der Waals surface area (Å²) in [7, 11) is 1.92. The Hall–Kier alpha value is -1.96. The molecule has 0 aliphatic rings. The minimum atomic E-state index is 0.324. The number of hydrazine groups is 1. The minimum Gasteiger partial charge on any atom is -0.329 e. The Kier molecular flexibility index (Phi) is 4.10. The predicted molar refractivity (Wildman–Crippen MR) is 92.4 cm³/mol. The van der Waals surface area contributed by atoms with Crippen molar-refractivity contribution in [3.63, 3.8) is 0 Å². The van der Waals surface area contributed by atoms with E-state index < -0.39 is 0 Å². The number of pyridine rings is 1. The van der Waals surface area contributed by atoms with E-state index >= 15 is 0 Å². The number of hydrogen-bond donors (Lipinski definition) is 2. The average Bonchev–Trinajstić information content (AvgIpc) is 2.52. The largest absolute Gasteiger partial charge is 0.329 e. The van der Waals surface area contributed by atoms with Crippen molar-refractivity contribution in [3.05, 3.63) is 46.2 Å². The van der Waals surface area contributed by atoms with Crippen LogP contribution in [0.2, 0.25) is 5.02 Å². The summed E-state index contributed by atoms with van der Waals surface area (Å²) in [5.41, 5.74) is 4.13. The van der Waals surface area contributed by atoms with Crippen molar-refractivity contribution in [1.82, 2.24) is 15.0 Å². The fourth-order valence-electron chi connectivity index (χ4n) is 2.13. The van der Waals surface area contributed by atoms with Crippen LogP contribution in [0.4, 0.5) is 17.5 Å². The molecule has 112 valence electrons. The van der Waals surface area contributed by atoms with Gasteiger partial charge in [-0.2, -0.15) is 4.98 Å². The lowest BCUT2D eigenvalue weighted by atomic mass is 10.2. The number of nitrogens with zero attached hydrogens (tertiary/aromatic N) is 4. The van der Waals surface area contributed by atoms with E-state index in [1.165, 1.54) is 0 Å². The summed E-state index contributed by atoms with van der Waals surface area (Å²) in [6.07, 6.45) is 1.72. The van der Waals surface area contributed by atoms with Gasteiger partial charge in [0.05, 0.1) is 5.52 Å². The number of fused-ring (bicyclic) bond motifs is 1. The Labute approximate surface area is 140 Å². The van der Waals surface area contributed by atoms with E-state index in [1.54, 1.807) is 12.3 Å². The van der Waals surface area contributed by atoms with E-state index in [-0.39, 0.29) is 0 Å². The molecule has 3 aromatic rings. The summed E-state index contributed by atoms with van der Waals surface area (Å²) >= 11 is 9.41. The monoisotopic (exact) mass is 378 g/mol. The number of halogens is 2. The van der Waals surface area contributed by atoms with Gasteiger partial charge in [-0.05, 0) is 46.3 Å². The van der Waals surface area contributed by atoms with Crippen molar-refractivity contribution in [2.45, 2.75) is 0 Å². The van der Waals surface area contributed by atoms with Gasteiger partial charge >= 0.3 is 0 Å². The summed E-state index contributed by atoms with van der Waals surface area (Å²) < 4.78 is 0.746. The van der Waals surface area contributed by atoms with Crippen molar-refractivity contribution < 1.29 is 0 Å². The molecule has 0 aliphatic carbocycles. The van der Waals surface area contributed by atoms with Crippen LogP contribution < -0.4 is 16.2 Å². The zero-order chi connectivity index (χ0) is 15.7. The lowest BCUT2D eigenvalue weighted by Crippen LogP contribution is -2.16. The third-order valence-electron chi connectivity index (χ3n) is 3.18. The fraction of sp³-hybridized carbons (Fsp3) is 0.0714. The highest BCUT2D eigenvalue weighted by Gasteiger charge is 2.13. The molecule has 1 aromatic carbocycles. The molecule has 6 nitrogen and oxygen atoms in total. The molecule has 0 spiro atoms. The summed E-state index contributed by atoms with van der Waals surface area (Å²) in [6.45, 7) is 0.